The van der Waals surface area contributed by atoms with Gasteiger partial charge < -0.3 is 4.74 Å². The molecule has 0 saturated heterocycles. The van der Waals surface area contributed by atoms with Crippen molar-refractivity contribution >= 4 is 5.97 Å². The molecule has 2 nitrogen and oxygen atoms in total. The lowest BCUT2D eigenvalue weighted by atomic mass is 9.76. The molecule has 2 heteroatoms. The van der Waals surface area contributed by atoms with Crippen molar-refractivity contribution in [1.29, 1.82) is 0 Å². The molecule has 0 bridgehead atoms. The number of carbonyl (C=O) groups excluding carboxylic acids is 1. The Bertz CT molecular complexity index is 384. The normalized spacial score (nSPS) is 14.5. The van der Waals surface area contributed by atoms with Crippen molar-refractivity contribution in [3.8, 4) is 0 Å². The number of ether oxygens (including phenoxy) is 1. The minimum Gasteiger partial charge on any atom is -0.466 e. The Labute approximate surface area is 124 Å². The second-order valence-electron chi connectivity index (χ2n) is 5.19. The summed E-state index contributed by atoms with van der Waals surface area (Å²) in [6.45, 7) is 12.7. The van der Waals surface area contributed by atoms with Gasteiger partial charge in [0.05, 0.1) is 13.0 Å². The van der Waals surface area contributed by atoms with Crippen molar-refractivity contribution < 1.29 is 9.53 Å². The number of hydrogen-bond donors (Lipinski definition) is 0. The fourth-order valence-corrected chi connectivity index (χ4v) is 2.33. The maximum absolute atomic E-state index is 11.7. The first-order valence-electron chi connectivity index (χ1n) is 7.73. The number of rotatable bonds is 5. The van der Waals surface area contributed by atoms with Crippen LogP contribution < -0.4 is 0 Å². The molecule has 0 unspecified atom stereocenters. The topological polar surface area (TPSA) is 26.3 Å². The van der Waals surface area contributed by atoms with Gasteiger partial charge in [0.15, 0.2) is 0 Å². The highest BCUT2D eigenvalue weighted by atomic mass is 16.5. The Balaban J connectivity index is 0.00000172. The first-order valence-corrected chi connectivity index (χ1v) is 7.73. The highest BCUT2D eigenvalue weighted by Crippen LogP contribution is 2.37. The maximum Gasteiger partial charge on any atom is 0.306 e. The molecule has 0 aliphatic heterocycles. The zero-order chi connectivity index (χ0) is 15.6. The minimum absolute atomic E-state index is 0.118. The molecule has 1 rings (SSSR count). The van der Waals surface area contributed by atoms with Crippen molar-refractivity contribution in [1.82, 2.24) is 0 Å². The Morgan fingerprint density at radius 3 is 2.50 bits per heavy atom. The van der Waals surface area contributed by atoms with Gasteiger partial charge >= 0.3 is 5.97 Å². The van der Waals surface area contributed by atoms with Crippen LogP contribution in [0.2, 0.25) is 0 Å². The molecule has 1 aliphatic carbocycles. The van der Waals surface area contributed by atoms with Crippen LogP contribution in [0.5, 0.6) is 0 Å². The van der Waals surface area contributed by atoms with E-state index in [2.05, 4.69) is 45.1 Å². The van der Waals surface area contributed by atoms with Crippen LogP contribution in [0.1, 0.15) is 60.8 Å². The van der Waals surface area contributed by atoms with E-state index in [-0.39, 0.29) is 11.4 Å². The fraction of sp³-hybridized carbons (Fsp3) is 0.611. The van der Waals surface area contributed by atoms with Gasteiger partial charge in [-0.15, -0.1) is 0 Å². The molecule has 20 heavy (non-hydrogen) atoms. The highest BCUT2D eigenvalue weighted by molar-refractivity contribution is 5.71. The minimum atomic E-state index is -0.178. The molecule has 0 aromatic carbocycles. The summed E-state index contributed by atoms with van der Waals surface area (Å²) in [6, 6.07) is 0. The number of carbonyl (C=O) groups is 1. The van der Waals surface area contributed by atoms with Gasteiger partial charge in [-0.2, -0.15) is 0 Å². The molecule has 0 fully saturated rings. The third-order valence-corrected chi connectivity index (χ3v) is 3.25. The standard InChI is InChI=1S/C16H24O2.C2H6/c1-5-13-10-8-7-9-11-14(13)16(3,4)12-15(17)18-6-2;1-2/h7,9-11H,5-6,8,12H2,1-4H3;1-2H3. The summed E-state index contributed by atoms with van der Waals surface area (Å²) in [5, 5.41) is 0. The van der Waals surface area contributed by atoms with Crippen LogP contribution in [0.15, 0.2) is 35.5 Å². The first kappa shape index (κ1) is 18.7. The molecule has 114 valence electrons. The summed E-state index contributed by atoms with van der Waals surface area (Å²) < 4.78 is 5.07. The van der Waals surface area contributed by atoms with Crippen LogP contribution in [0.4, 0.5) is 0 Å². The van der Waals surface area contributed by atoms with E-state index >= 15 is 0 Å². The van der Waals surface area contributed by atoms with Gasteiger partial charge in [-0.05, 0) is 30.9 Å². The second kappa shape index (κ2) is 9.57. The van der Waals surface area contributed by atoms with Crippen molar-refractivity contribution in [2.45, 2.75) is 60.8 Å². The molecule has 0 radical (unpaired) electrons. The molecule has 1 aliphatic rings. The zero-order valence-corrected chi connectivity index (χ0v) is 14.0. The summed E-state index contributed by atoms with van der Waals surface area (Å²) in [5.41, 5.74) is 2.42. The van der Waals surface area contributed by atoms with E-state index in [0.717, 1.165) is 12.8 Å². The number of esters is 1. The van der Waals surface area contributed by atoms with E-state index in [0.29, 0.717) is 13.0 Å². The Hall–Kier alpha value is -1.31. The summed E-state index contributed by atoms with van der Waals surface area (Å²) in [5.74, 6) is -0.118. The summed E-state index contributed by atoms with van der Waals surface area (Å²) in [7, 11) is 0. The quantitative estimate of drug-likeness (QED) is 0.645. The molecule has 0 N–H and O–H groups in total. The van der Waals surface area contributed by atoms with E-state index in [4.69, 9.17) is 4.74 Å². The van der Waals surface area contributed by atoms with Gasteiger partial charge in [0.1, 0.15) is 0 Å². The SMILES string of the molecule is CC.CCOC(=O)CC(C)(C)C1=CC=CCC=C1CC. The Morgan fingerprint density at radius 2 is 1.95 bits per heavy atom. The van der Waals surface area contributed by atoms with Gasteiger partial charge in [0, 0.05) is 5.41 Å². The third-order valence-electron chi connectivity index (χ3n) is 3.25. The fourth-order valence-electron chi connectivity index (χ4n) is 2.33. The lowest BCUT2D eigenvalue weighted by molar-refractivity contribution is -0.144. The predicted octanol–water partition coefficient (Wildman–Crippen LogP) is 5.21. The molecule has 0 spiro atoms. The maximum atomic E-state index is 11.7. The monoisotopic (exact) mass is 278 g/mol. The largest absolute Gasteiger partial charge is 0.466 e. The molecule has 0 atom stereocenters. The van der Waals surface area contributed by atoms with Crippen LogP contribution in [0.3, 0.4) is 0 Å². The van der Waals surface area contributed by atoms with Gasteiger partial charge in [-0.3, -0.25) is 4.79 Å². The molecular formula is C18H30O2. The predicted molar refractivity (Wildman–Crippen MR) is 86.6 cm³/mol. The second-order valence-corrected chi connectivity index (χ2v) is 5.19. The summed E-state index contributed by atoms with van der Waals surface area (Å²) >= 11 is 0. The molecule has 0 amide bonds. The van der Waals surface area contributed by atoms with Crippen LogP contribution in [0, 0.1) is 5.41 Å². The summed E-state index contributed by atoms with van der Waals surface area (Å²) in [6.07, 6.45) is 11.0. The van der Waals surface area contributed by atoms with Crippen LogP contribution >= 0.6 is 0 Å². The van der Waals surface area contributed by atoms with Crippen molar-refractivity contribution in [3.63, 3.8) is 0 Å². The van der Waals surface area contributed by atoms with E-state index in [9.17, 15) is 4.79 Å². The number of hydrogen-bond acceptors (Lipinski definition) is 2. The molecule has 0 aromatic heterocycles. The lowest BCUT2D eigenvalue weighted by Gasteiger charge is -2.28. The smallest absolute Gasteiger partial charge is 0.306 e. The Morgan fingerprint density at radius 1 is 1.30 bits per heavy atom. The van der Waals surface area contributed by atoms with Crippen molar-refractivity contribution in [2.24, 2.45) is 5.41 Å². The van der Waals surface area contributed by atoms with Crippen LogP contribution in [0.25, 0.3) is 0 Å². The highest BCUT2D eigenvalue weighted by Gasteiger charge is 2.28. The van der Waals surface area contributed by atoms with E-state index in [1.807, 2.05) is 20.8 Å². The van der Waals surface area contributed by atoms with Gasteiger partial charge in [-0.25, -0.2) is 0 Å². The lowest BCUT2D eigenvalue weighted by Crippen LogP contribution is -2.22. The molecule has 0 saturated carbocycles. The van der Waals surface area contributed by atoms with Crippen molar-refractivity contribution in [3.05, 3.63) is 35.5 Å². The van der Waals surface area contributed by atoms with E-state index < -0.39 is 0 Å². The van der Waals surface area contributed by atoms with E-state index in [1.54, 1.807) is 0 Å². The summed E-state index contributed by atoms with van der Waals surface area (Å²) in [4.78, 5) is 11.7. The van der Waals surface area contributed by atoms with Crippen molar-refractivity contribution in [2.75, 3.05) is 6.61 Å². The first-order chi connectivity index (χ1) is 9.51. The van der Waals surface area contributed by atoms with E-state index in [1.165, 1.54) is 11.1 Å². The van der Waals surface area contributed by atoms with Crippen LogP contribution in [-0.4, -0.2) is 12.6 Å². The van der Waals surface area contributed by atoms with Crippen LogP contribution in [-0.2, 0) is 9.53 Å². The van der Waals surface area contributed by atoms with Gasteiger partial charge in [-0.1, -0.05) is 58.9 Å². The zero-order valence-electron chi connectivity index (χ0n) is 14.0. The average molecular weight is 278 g/mol. The average Bonchev–Trinajstić information content (AvgIpc) is 2.66. The third kappa shape index (κ3) is 5.77. The molecular weight excluding hydrogens is 248 g/mol. The molecule has 0 aromatic rings. The van der Waals surface area contributed by atoms with Gasteiger partial charge in [0.2, 0.25) is 0 Å². The van der Waals surface area contributed by atoms with Gasteiger partial charge in [0.25, 0.3) is 0 Å². The number of allylic oxidation sites excluding steroid dienone is 6. The Kier molecular flexibility index (Phi) is 8.94. The molecule has 0 heterocycles.